The minimum Gasteiger partial charge on any atom is -0.491 e. The number of nitrogens with zero attached hydrogens (tertiary/aromatic N) is 5. The van der Waals surface area contributed by atoms with E-state index >= 15 is 0 Å². The van der Waals surface area contributed by atoms with Crippen LogP contribution in [0.25, 0.3) is 0 Å². The van der Waals surface area contributed by atoms with Gasteiger partial charge in [-0.2, -0.15) is 0 Å². The van der Waals surface area contributed by atoms with Crippen LogP contribution in [0, 0.1) is 0 Å². The number of ether oxygens (including phenoxy) is 1. The third-order valence-electron chi connectivity index (χ3n) is 4.08. The van der Waals surface area contributed by atoms with Gasteiger partial charge in [0.15, 0.2) is 5.75 Å². The number of aryl methyl sites for hydroxylation is 1. The van der Waals surface area contributed by atoms with Gasteiger partial charge in [-0.3, -0.25) is 9.59 Å². The number of carbonyl (C=O) groups is 1. The van der Waals surface area contributed by atoms with E-state index in [1.54, 1.807) is 17.7 Å². The Balaban J connectivity index is 1.73. The Labute approximate surface area is 176 Å². The molecule has 9 nitrogen and oxygen atoms in total. The lowest BCUT2D eigenvalue weighted by atomic mass is 10.2. The fourth-order valence-electron chi connectivity index (χ4n) is 2.55. The van der Waals surface area contributed by atoms with Crippen molar-refractivity contribution in [3.8, 4) is 5.75 Å². The van der Waals surface area contributed by atoms with E-state index in [4.69, 9.17) is 16.3 Å². The van der Waals surface area contributed by atoms with E-state index in [9.17, 15) is 9.59 Å². The van der Waals surface area contributed by atoms with Crippen LogP contribution < -0.4 is 15.5 Å². The highest BCUT2D eigenvalue weighted by Crippen LogP contribution is 2.20. The van der Waals surface area contributed by atoms with Gasteiger partial charge in [-0.05, 0) is 22.1 Å². The van der Waals surface area contributed by atoms with Crippen LogP contribution in [0.4, 0.5) is 0 Å². The van der Waals surface area contributed by atoms with Crippen molar-refractivity contribution in [1.82, 2.24) is 30.1 Å². The molecule has 3 rings (SSSR count). The normalized spacial score (nSPS) is 10.7. The minimum atomic E-state index is -0.257. The highest BCUT2D eigenvalue weighted by Gasteiger charge is 2.13. The number of tetrazole rings is 1. The number of amides is 1. The first-order valence-corrected chi connectivity index (χ1v) is 9.97. The molecule has 0 atom stereocenters. The zero-order valence-electron chi connectivity index (χ0n) is 15.8. The maximum Gasteiger partial charge on any atom is 0.240 e. The number of nitrogens with one attached hydrogen (secondary N) is 1. The molecule has 11 heteroatoms. The standard InChI is InChI=1S/C18H19ClN6O3S/c1-24-18(21-22-23-24)29-11-13-7-15(26)16(28-2)9-25(13)10-17(27)20-8-12-5-3-4-6-14(12)19/h3-7,9H,8,10-11H2,1-2H3,(H,20,27). The lowest BCUT2D eigenvalue weighted by molar-refractivity contribution is -0.121. The van der Waals surface area contributed by atoms with Crippen molar-refractivity contribution in [1.29, 1.82) is 0 Å². The number of hydrogen-bond donors (Lipinski definition) is 1. The van der Waals surface area contributed by atoms with Crippen LogP contribution >= 0.6 is 23.4 Å². The molecule has 3 aromatic rings. The van der Waals surface area contributed by atoms with Crippen LogP contribution in [-0.4, -0.2) is 37.8 Å². The smallest absolute Gasteiger partial charge is 0.240 e. The molecule has 1 aromatic carbocycles. The maximum absolute atomic E-state index is 12.5. The summed E-state index contributed by atoms with van der Waals surface area (Å²) in [5.41, 5.74) is 1.22. The van der Waals surface area contributed by atoms with Gasteiger partial charge in [0.1, 0.15) is 6.54 Å². The van der Waals surface area contributed by atoms with E-state index in [1.807, 2.05) is 18.2 Å². The van der Waals surface area contributed by atoms with Gasteiger partial charge >= 0.3 is 0 Å². The van der Waals surface area contributed by atoms with E-state index < -0.39 is 0 Å². The topological polar surface area (TPSA) is 104 Å². The van der Waals surface area contributed by atoms with Crippen molar-refractivity contribution < 1.29 is 9.53 Å². The van der Waals surface area contributed by atoms with E-state index in [1.165, 1.54) is 35.8 Å². The number of pyridine rings is 1. The zero-order chi connectivity index (χ0) is 20.8. The fraction of sp³-hybridized carbons (Fsp3) is 0.278. The summed E-state index contributed by atoms with van der Waals surface area (Å²) >= 11 is 7.48. The van der Waals surface area contributed by atoms with E-state index in [0.29, 0.717) is 28.2 Å². The largest absolute Gasteiger partial charge is 0.491 e. The summed E-state index contributed by atoms with van der Waals surface area (Å²) < 4.78 is 8.33. The molecule has 0 saturated heterocycles. The Kier molecular flexibility index (Phi) is 6.89. The molecule has 0 aliphatic rings. The first-order valence-electron chi connectivity index (χ1n) is 8.60. The van der Waals surface area contributed by atoms with E-state index in [-0.39, 0.29) is 23.6 Å². The summed E-state index contributed by atoms with van der Waals surface area (Å²) in [6.45, 7) is 0.332. The van der Waals surface area contributed by atoms with Gasteiger partial charge < -0.3 is 14.6 Å². The molecule has 0 spiro atoms. The van der Waals surface area contributed by atoms with Gasteiger partial charge in [-0.25, -0.2) is 4.68 Å². The molecule has 2 aromatic heterocycles. The van der Waals surface area contributed by atoms with Gasteiger partial charge in [-0.1, -0.05) is 41.6 Å². The number of thioether (sulfide) groups is 1. The number of aromatic nitrogens is 5. The molecule has 0 saturated carbocycles. The lowest BCUT2D eigenvalue weighted by Crippen LogP contribution is -2.29. The summed E-state index contributed by atoms with van der Waals surface area (Å²) in [6.07, 6.45) is 1.53. The second-order valence-electron chi connectivity index (χ2n) is 6.07. The molecule has 0 fully saturated rings. The van der Waals surface area contributed by atoms with Crippen LogP contribution in [0.3, 0.4) is 0 Å². The van der Waals surface area contributed by atoms with Crippen molar-refractivity contribution in [2.75, 3.05) is 7.11 Å². The summed E-state index contributed by atoms with van der Waals surface area (Å²) in [5.74, 6) is 0.353. The molecule has 1 N–H and O–H groups in total. The molecule has 0 bridgehead atoms. The molecule has 0 aliphatic carbocycles. The predicted octanol–water partition coefficient (Wildman–Crippen LogP) is 1.64. The van der Waals surface area contributed by atoms with Gasteiger partial charge in [-0.15, -0.1) is 5.10 Å². The molecule has 0 radical (unpaired) electrons. The molecule has 1 amide bonds. The van der Waals surface area contributed by atoms with Crippen molar-refractivity contribution in [2.45, 2.75) is 24.0 Å². The summed E-state index contributed by atoms with van der Waals surface area (Å²) in [5, 5.41) is 15.3. The Hall–Kier alpha value is -2.85. The second kappa shape index (κ2) is 9.57. The van der Waals surface area contributed by atoms with Crippen LogP contribution in [-0.2, 0) is 30.7 Å². The summed E-state index contributed by atoms with van der Waals surface area (Å²) in [4.78, 5) is 24.7. The Morgan fingerprint density at radius 1 is 1.34 bits per heavy atom. The molecule has 29 heavy (non-hydrogen) atoms. The van der Waals surface area contributed by atoms with Crippen molar-refractivity contribution >= 4 is 29.3 Å². The SMILES string of the molecule is COc1cn(CC(=O)NCc2ccccc2Cl)c(CSc2nnnn2C)cc1=O. The van der Waals surface area contributed by atoms with Crippen molar-refractivity contribution in [2.24, 2.45) is 7.05 Å². The predicted molar refractivity (Wildman–Crippen MR) is 109 cm³/mol. The molecule has 2 heterocycles. The highest BCUT2D eigenvalue weighted by atomic mass is 35.5. The molecule has 0 aliphatic heterocycles. The van der Waals surface area contributed by atoms with Crippen molar-refractivity contribution in [3.63, 3.8) is 0 Å². The van der Waals surface area contributed by atoms with Crippen LogP contribution in [0.1, 0.15) is 11.3 Å². The maximum atomic E-state index is 12.5. The van der Waals surface area contributed by atoms with Gasteiger partial charge in [0.25, 0.3) is 0 Å². The monoisotopic (exact) mass is 434 g/mol. The second-order valence-corrected chi connectivity index (χ2v) is 7.42. The van der Waals surface area contributed by atoms with Crippen LogP contribution in [0.15, 0.2) is 46.5 Å². The summed E-state index contributed by atoms with van der Waals surface area (Å²) in [6, 6.07) is 8.76. The van der Waals surface area contributed by atoms with E-state index in [2.05, 4.69) is 20.8 Å². The zero-order valence-corrected chi connectivity index (χ0v) is 17.4. The van der Waals surface area contributed by atoms with Crippen LogP contribution in [0.2, 0.25) is 5.02 Å². The molecular weight excluding hydrogens is 416 g/mol. The summed E-state index contributed by atoms with van der Waals surface area (Å²) in [7, 11) is 3.14. The minimum absolute atomic E-state index is 0.0219. The van der Waals surface area contributed by atoms with Gasteiger partial charge in [0.2, 0.25) is 16.5 Å². The Bertz CT molecular complexity index is 1070. The Morgan fingerprint density at radius 2 is 2.14 bits per heavy atom. The third-order valence-corrected chi connectivity index (χ3v) is 5.49. The quantitative estimate of drug-likeness (QED) is 0.537. The first-order chi connectivity index (χ1) is 14.0. The number of methoxy groups -OCH3 is 1. The third kappa shape index (κ3) is 5.36. The number of carbonyl (C=O) groups excluding carboxylic acids is 1. The van der Waals surface area contributed by atoms with Crippen molar-refractivity contribution in [3.05, 3.63) is 63.0 Å². The lowest BCUT2D eigenvalue weighted by Gasteiger charge is -2.15. The highest BCUT2D eigenvalue weighted by molar-refractivity contribution is 7.98. The fourth-order valence-corrected chi connectivity index (χ4v) is 3.59. The van der Waals surface area contributed by atoms with Gasteiger partial charge in [0, 0.05) is 36.1 Å². The molecule has 152 valence electrons. The average molecular weight is 435 g/mol. The number of rotatable bonds is 8. The Morgan fingerprint density at radius 3 is 2.83 bits per heavy atom. The number of halogens is 1. The average Bonchev–Trinajstić information content (AvgIpc) is 3.12. The molecule has 0 unspecified atom stereocenters. The van der Waals surface area contributed by atoms with Gasteiger partial charge in [0.05, 0.1) is 13.3 Å². The first kappa shape index (κ1) is 20.9. The number of hydrogen-bond acceptors (Lipinski definition) is 7. The van der Waals surface area contributed by atoms with Crippen LogP contribution in [0.5, 0.6) is 5.75 Å². The van der Waals surface area contributed by atoms with E-state index in [0.717, 1.165) is 5.56 Å². The molecular formula is C18H19ClN6O3S. The number of benzene rings is 1.